The fourth-order valence-corrected chi connectivity index (χ4v) is 4.92. The molecule has 0 bridgehead atoms. The van der Waals surface area contributed by atoms with Crippen LogP contribution in [-0.2, 0) is 6.54 Å². The largest absolute Gasteiger partial charge is 0.507 e. The number of phenols is 1. The van der Waals surface area contributed by atoms with E-state index in [-0.39, 0.29) is 41.0 Å². The molecule has 34 heavy (non-hydrogen) atoms. The number of aromatic hydroxyl groups is 1. The molecule has 0 fully saturated rings. The standard InChI is InChI=1S/C18H13I2N9O5/c19-10-5-9(15(30)12(20)6-10)7-22-24-18(31)13-14(8-1-3-11(4-2-8)29(32)33)28(27-23-13)17-16(21)25-34-26-17/h1-6,22,30H,7H2,(H2,21,25)(H,24,31). The summed E-state index contributed by atoms with van der Waals surface area (Å²) in [6, 6.07) is 9.02. The van der Waals surface area contributed by atoms with Crippen LogP contribution in [0, 0.1) is 17.3 Å². The number of aromatic nitrogens is 5. The zero-order valence-electron chi connectivity index (χ0n) is 16.8. The van der Waals surface area contributed by atoms with E-state index in [0.717, 1.165) is 8.25 Å². The van der Waals surface area contributed by atoms with Gasteiger partial charge in [-0.25, -0.2) is 10.1 Å². The molecule has 0 radical (unpaired) electrons. The summed E-state index contributed by atoms with van der Waals surface area (Å²) < 4.78 is 7.36. The molecule has 0 spiro atoms. The molecular weight excluding hydrogens is 676 g/mol. The summed E-state index contributed by atoms with van der Waals surface area (Å²) in [7, 11) is 0. The van der Waals surface area contributed by atoms with Gasteiger partial charge in [0.1, 0.15) is 11.4 Å². The van der Waals surface area contributed by atoms with Gasteiger partial charge in [0, 0.05) is 33.4 Å². The van der Waals surface area contributed by atoms with Crippen molar-refractivity contribution >= 4 is 62.6 Å². The third-order valence-corrected chi connectivity index (χ3v) is 5.97. The summed E-state index contributed by atoms with van der Waals surface area (Å²) in [5.74, 6) is -0.656. The lowest BCUT2D eigenvalue weighted by Gasteiger charge is -2.10. The van der Waals surface area contributed by atoms with E-state index in [0.29, 0.717) is 14.7 Å². The second kappa shape index (κ2) is 9.85. The highest BCUT2D eigenvalue weighted by atomic mass is 127. The number of carbonyl (C=O) groups is 1. The van der Waals surface area contributed by atoms with Gasteiger partial charge in [0.2, 0.25) is 11.6 Å². The molecule has 0 saturated heterocycles. The number of anilines is 1. The van der Waals surface area contributed by atoms with Gasteiger partial charge in [0.25, 0.3) is 11.6 Å². The molecule has 4 rings (SSSR count). The van der Waals surface area contributed by atoms with E-state index >= 15 is 0 Å². The average molecular weight is 689 g/mol. The lowest BCUT2D eigenvalue weighted by molar-refractivity contribution is -0.384. The van der Waals surface area contributed by atoms with Gasteiger partial charge in [0.05, 0.1) is 8.49 Å². The van der Waals surface area contributed by atoms with Crippen molar-refractivity contribution in [2.75, 3.05) is 5.73 Å². The number of nitrogens with two attached hydrogens (primary N) is 1. The Balaban J connectivity index is 1.64. The Morgan fingerprint density at radius 3 is 2.62 bits per heavy atom. The number of nitrogen functional groups attached to an aromatic ring is 1. The third kappa shape index (κ3) is 4.77. The predicted molar refractivity (Wildman–Crippen MR) is 134 cm³/mol. The Kier molecular flexibility index (Phi) is 6.88. The summed E-state index contributed by atoms with van der Waals surface area (Å²) >= 11 is 4.14. The topological polar surface area (TPSA) is 200 Å². The van der Waals surface area contributed by atoms with E-state index in [1.165, 1.54) is 24.3 Å². The van der Waals surface area contributed by atoms with Crippen LogP contribution < -0.4 is 16.6 Å². The van der Waals surface area contributed by atoms with E-state index in [4.69, 9.17) is 5.73 Å². The van der Waals surface area contributed by atoms with E-state index in [1.54, 1.807) is 6.07 Å². The first kappa shape index (κ1) is 23.8. The maximum atomic E-state index is 12.9. The van der Waals surface area contributed by atoms with E-state index in [9.17, 15) is 20.0 Å². The van der Waals surface area contributed by atoms with Gasteiger partial charge in [-0.1, -0.05) is 5.21 Å². The van der Waals surface area contributed by atoms with Gasteiger partial charge in [-0.3, -0.25) is 20.3 Å². The van der Waals surface area contributed by atoms with Gasteiger partial charge < -0.3 is 10.8 Å². The molecule has 14 nitrogen and oxygen atoms in total. The lowest BCUT2D eigenvalue weighted by Crippen LogP contribution is -2.37. The highest BCUT2D eigenvalue weighted by Crippen LogP contribution is 2.29. The summed E-state index contributed by atoms with van der Waals surface area (Å²) in [5, 5.41) is 36.3. The van der Waals surface area contributed by atoms with Crippen molar-refractivity contribution in [1.29, 1.82) is 0 Å². The molecule has 2 aromatic carbocycles. The molecule has 0 aliphatic heterocycles. The number of non-ortho nitro benzene ring substituents is 1. The smallest absolute Gasteiger partial charge is 0.288 e. The molecule has 4 aromatic rings. The first-order valence-corrected chi connectivity index (χ1v) is 11.4. The second-order valence-corrected chi connectivity index (χ2v) is 9.09. The molecule has 2 heterocycles. The van der Waals surface area contributed by atoms with Crippen LogP contribution in [0.25, 0.3) is 17.1 Å². The molecule has 1 amide bonds. The number of rotatable bonds is 7. The van der Waals surface area contributed by atoms with Crippen LogP contribution in [0.5, 0.6) is 5.75 Å². The minimum atomic E-state index is -0.658. The Bertz CT molecular complexity index is 1390. The molecule has 5 N–H and O–H groups in total. The van der Waals surface area contributed by atoms with Crippen LogP contribution >= 0.6 is 45.2 Å². The lowest BCUT2D eigenvalue weighted by atomic mass is 10.1. The summed E-state index contributed by atoms with van der Waals surface area (Å²) in [4.78, 5) is 23.4. The number of hydrogen-bond acceptors (Lipinski definition) is 11. The van der Waals surface area contributed by atoms with E-state index in [2.05, 4.69) is 58.7 Å². The minimum absolute atomic E-state index is 0.00813. The number of benzene rings is 2. The zero-order chi connectivity index (χ0) is 24.4. The van der Waals surface area contributed by atoms with Crippen molar-refractivity contribution in [3.63, 3.8) is 0 Å². The SMILES string of the molecule is Nc1nonc1-n1nnc(C(=O)NNCc2cc(I)cc(I)c2O)c1-c1ccc([N+](=O)[O-])cc1. The van der Waals surface area contributed by atoms with Crippen molar-refractivity contribution in [3.8, 4) is 22.8 Å². The normalized spacial score (nSPS) is 10.9. The second-order valence-electron chi connectivity index (χ2n) is 6.68. The molecule has 0 aliphatic rings. The number of carbonyl (C=O) groups excluding carboxylic acids is 1. The third-order valence-electron chi connectivity index (χ3n) is 4.52. The summed E-state index contributed by atoms with van der Waals surface area (Å²) in [5.41, 5.74) is 11.9. The maximum absolute atomic E-state index is 12.9. The van der Waals surface area contributed by atoms with Crippen LogP contribution in [0.2, 0.25) is 0 Å². The van der Waals surface area contributed by atoms with Gasteiger partial charge in [-0.15, -0.1) is 5.10 Å². The summed E-state index contributed by atoms with van der Waals surface area (Å²) in [6.45, 7) is 0.131. The number of halogens is 2. The van der Waals surface area contributed by atoms with Gasteiger partial charge in [0.15, 0.2) is 5.69 Å². The van der Waals surface area contributed by atoms with Crippen LogP contribution in [0.4, 0.5) is 11.5 Å². The summed E-state index contributed by atoms with van der Waals surface area (Å²) in [6.07, 6.45) is 0. The highest BCUT2D eigenvalue weighted by Gasteiger charge is 2.25. The fraction of sp³-hybridized carbons (Fsp3) is 0.0556. The Labute approximate surface area is 217 Å². The number of nitro groups is 1. The highest BCUT2D eigenvalue weighted by molar-refractivity contribution is 14.1. The molecule has 0 saturated carbocycles. The molecule has 0 aliphatic carbocycles. The molecule has 16 heteroatoms. The van der Waals surface area contributed by atoms with E-state index < -0.39 is 10.8 Å². The molecular formula is C18H13I2N9O5. The number of hydrogen-bond donors (Lipinski definition) is 4. The first-order chi connectivity index (χ1) is 16.3. The van der Waals surface area contributed by atoms with Crippen molar-refractivity contribution in [1.82, 2.24) is 36.2 Å². The van der Waals surface area contributed by atoms with Crippen LogP contribution in [0.3, 0.4) is 0 Å². The predicted octanol–water partition coefficient (Wildman–Crippen LogP) is 2.16. The van der Waals surface area contributed by atoms with Crippen molar-refractivity contribution in [2.45, 2.75) is 6.54 Å². The Morgan fingerprint density at radius 1 is 1.24 bits per heavy atom. The quantitative estimate of drug-likeness (QED) is 0.126. The number of hydrazine groups is 1. The molecule has 0 atom stereocenters. The average Bonchev–Trinajstić information content (AvgIpc) is 3.42. The van der Waals surface area contributed by atoms with Crippen LogP contribution in [0.1, 0.15) is 16.1 Å². The number of nitrogens with zero attached hydrogens (tertiary/aromatic N) is 6. The zero-order valence-corrected chi connectivity index (χ0v) is 21.1. The first-order valence-electron chi connectivity index (χ1n) is 9.25. The number of phenolic OH excluding ortho intramolecular Hbond substituents is 1. The van der Waals surface area contributed by atoms with Gasteiger partial charge >= 0.3 is 0 Å². The van der Waals surface area contributed by atoms with Gasteiger partial charge in [-0.2, -0.15) is 4.68 Å². The number of amides is 1. The van der Waals surface area contributed by atoms with Crippen molar-refractivity contribution in [3.05, 3.63) is 64.9 Å². The minimum Gasteiger partial charge on any atom is -0.507 e. The molecule has 174 valence electrons. The fourth-order valence-electron chi connectivity index (χ4n) is 2.95. The maximum Gasteiger partial charge on any atom is 0.288 e. The molecule has 2 aromatic heterocycles. The van der Waals surface area contributed by atoms with Crippen molar-refractivity contribution < 1.29 is 19.5 Å². The number of nitrogens with one attached hydrogen (secondary N) is 2. The van der Waals surface area contributed by atoms with Gasteiger partial charge in [-0.05, 0) is 79.8 Å². The van der Waals surface area contributed by atoms with E-state index in [1.807, 2.05) is 28.7 Å². The Hall–Kier alpha value is -3.39. The number of nitro benzene ring substituents is 1. The van der Waals surface area contributed by atoms with Crippen LogP contribution in [0.15, 0.2) is 41.0 Å². The Morgan fingerprint density at radius 2 is 1.97 bits per heavy atom. The monoisotopic (exact) mass is 689 g/mol. The van der Waals surface area contributed by atoms with Crippen molar-refractivity contribution in [2.24, 2.45) is 0 Å². The van der Waals surface area contributed by atoms with Crippen LogP contribution in [-0.4, -0.2) is 41.2 Å². The molecule has 0 unspecified atom stereocenters.